The third kappa shape index (κ3) is 3.86. The molecule has 0 aliphatic carbocycles. The lowest BCUT2D eigenvalue weighted by Gasteiger charge is -2.12. The quantitative estimate of drug-likeness (QED) is 0.693. The number of hydrogen-bond donors (Lipinski definition) is 1. The molecule has 0 spiro atoms. The number of thioether (sulfide) groups is 1. The summed E-state index contributed by atoms with van der Waals surface area (Å²) in [6, 6.07) is 1.93. The Hall–Kier alpha value is -1.27. The average molecular weight is 315 g/mol. The fourth-order valence-corrected chi connectivity index (χ4v) is 2.82. The molecule has 7 heteroatoms. The zero-order chi connectivity index (χ0) is 14.0. The van der Waals surface area contributed by atoms with Crippen molar-refractivity contribution < 1.29 is 5.11 Å². The molecule has 0 aliphatic rings. The van der Waals surface area contributed by atoms with Crippen LogP contribution >= 0.6 is 24.2 Å². The maximum atomic E-state index is 9.47. The van der Waals surface area contributed by atoms with Crippen molar-refractivity contribution in [3.63, 3.8) is 0 Å². The fourth-order valence-electron chi connectivity index (χ4n) is 1.83. The van der Waals surface area contributed by atoms with E-state index in [4.69, 9.17) is 0 Å². The monoisotopic (exact) mass is 314 g/mol. The lowest BCUT2D eigenvalue weighted by molar-refractivity contribution is 0.444. The molecule has 1 N–H and O–H groups in total. The van der Waals surface area contributed by atoms with Crippen molar-refractivity contribution in [3.8, 4) is 5.88 Å². The second-order valence-electron chi connectivity index (χ2n) is 4.72. The van der Waals surface area contributed by atoms with E-state index in [-0.39, 0.29) is 18.3 Å². The Bertz CT molecular complexity index is 565. The second kappa shape index (κ2) is 6.95. The number of rotatable bonds is 4. The highest BCUT2D eigenvalue weighted by Gasteiger charge is 2.11. The molecule has 2 aromatic rings. The Morgan fingerprint density at radius 1 is 1.30 bits per heavy atom. The van der Waals surface area contributed by atoms with Crippen LogP contribution in [-0.2, 0) is 5.75 Å². The first-order valence-corrected chi connectivity index (χ1v) is 7.15. The highest BCUT2D eigenvalue weighted by molar-refractivity contribution is 7.98. The molecule has 0 atom stereocenters. The van der Waals surface area contributed by atoms with E-state index in [9.17, 15) is 5.11 Å². The standard InChI is InChI=1S/C13H18N4OS.ClH/c1-8(2)17-7-14-10(4)11(17)6-19-13-15-9(3)5-12(18)16-13;/h5,7-8H,6H2,1-4H3,(H,15,16,18);1H. The smallest absolute Gasteiger partial charge is 0.215 e. The van der Waals surface area contributed by atoms with Crippen molar-refractivity contribution in [1.29, 1.82) is 0 Å². The van der Waals surface area contributed by atoms with Gasteiger partial charge >= 0.3 is 0 Å². The molecule has 110 valence electrons. The van der Waals surface area contributed by atoms with Gasteiger partial charge in [0, 0.05) is 23.6 Å². The van der Waals surface area contributed by atoms with Gasteiger partial charge in [-0.3, -0.25) is 0 Å². The highest BCUT2D eigenvalue weighted by Crippen LogP contribution is 2.24. The van der Waals surface area contributed by atoms with E-state index in [1.54, 1.807) is 6.07 Å². The molecule has 2 rings (SSSR count). The molecule has 5 nitrogen and oxygen atoms in total. The minimum atomic E-state index is 0. The summed E-state index contributed by atoms with van der Waals surface area (Å²) in [5, 5.41) is 10.1. The number of aromatic hydroxyl groups is 1. The molecule has 0 saturated heterocycles. The molecule has 0 bridgehead atoms. The summed E-state index contributed by atoms with van der Waals surface area (Å²) in [5.41, 5.74) is 2.96. The van der Waals surface area contributed by atoms with E-state index in [0.29, 0.717) is 11.2 Å². The minimum absolute atomic E-state index is 0. The van der Waals surface area contributed by atoms with Gasteiger partial charge in [-0.05, 0) is 27.7 Å². The minimum Gasteiger partial charge on any atom is -0.493 e. The highest BCUT2D eigenvalue weighted by atomic mass is 35.5. The molecule has 0 radical (unpaired) electrons. The molecular weight excluding hydrogens is 296 g/mol. The number of imidazole rings is 1. The fraction of sp³-hybridized carbons (Fsp3) is 0.462. The molecule has 0 unspecified atom stereocenters. The number of halogens is 1. The second-order valence-corrected chi connectivity index (χ2v) is 5.66. The van der Waals surface area contributed by atoms with Crippen molar-refractivity contribution in [3.05, 3.63) is 29.5 Å². The average Bonchev–Trinajstić information content (AvgIpc) is 2.67. The van der Waals surface area contributed by atoms with Crippen LogP contribution in [0.1, 0.15) is 37.0 Å². The van der Waals surface area contributed by atoms with Crippen LogP contribution in [0.25, 0.3) is 0 Å². The van der Waals surface area contributed by atoms with Gasteiger partial charge in [-0.2, -0.15) is 4.98 Å². The first-order valence-electron chi connectivity index (χ1n) is 6.17. The zero-order valence-corrected chi connectivity index (χ0v) is 13.6. The Morgan fingerprint density at radius 3 is 2.60 bits per heavy atom. The summed E-state index contributed by atoms with van der Waals surface area (Å²) < 4.78 is 2.15. The topological polar surface area (TPSA) is 63.8 Å². The van der Waals surface area contributed by atoms with Gasteiger partial charge in [0.2, 0.25) is 5.88 Å². The summed E-state index contributed by atoms with van der Waals surface area (Å²) in [6.45, 7) is 8.10. The zero-order valence-electron chi connectivity index (χ0n) is 12.0. The van der Waals surface area contributed by atoms with Crippen LogP contribution in [0.4, 0.5) is 0 Å². The molecule has 0 amide bonds. The summed E-state index contributed by atoms with van der Waals surface area (Å²) in [6.07, 6.45) is 1.87. The molecule has 0 aromatic carbocycles. The van der Waals surface area contributed by atoms with E-state index in [1.165, 1.54) is 17.5 Å². The summed E-state index contributed by atoms with van der Waals surface area (Å²) in [7, 11) is 0. The van der Waals surface area contributed by atoms with Crippen LogP contribution in [0, 0.1) is 13.8 Å². The molecule has 0 saturated carbocycles. The van der Waals surface area contributed by atoms with Crippen molar-refractivity contribution >= 4 is 24.2 Å². The largest absolute Gasteiger partial charge is 0.493 e. The molecular formula is C13H19ClN4OS. The van der Waals surface area contributed by atoms with Gasteiger partial charge in [-0.15, -0.1) is 12.4 Å². The predicted molar refractivity (Wildman–Crippen MR) is 82.6 cm³/mol. The van der Waals surface area contributed by atoms with E-state index >= 15 is 0 Å². The molecule has 0 fully saturated rings. The molecule has 0 aliphatic heterocycles. The van der Waals surface area contributed by atoms with Gasteiger partial charge in [0.05, 0.1) is 17.7 Å². The lowest BCUT2D eigenvalue weighted by Crippen LogP contribution is -2.04. The number of hydrogen-bond acceptors (Lipinski definition) is 5. The molecule has 20 heavy (non-hydrogen) atoms. The van der Waals surface area contributed by atoms with Crippen LogP contribution in [0.15, 0.2) is 17.6 Å². The van der Waals surface area contributed by atoms with Crippen molar-refractivity contribution in [2.24, 2.45) is 0 Å². The Balaban J connectivity index is 0.00000200. The molecule has 2 heterocycles. The van der Waals surface area contributed by atoms with Crippen LogP contribution in [0.2, 0.25) is 0 Å². The Labute approximate surface area is 129 Å². The van der Waals surface area contributed by atoms with Crippen molar-refractivity contribution in [1.82, 2.24) is 19.5 Å². The van der Waals surface area contributed by atoms with Crippen molar-refractivity contribution in [2.45, 2.75) is 44.6 Å². The first kappa shape index (κ1) is 16.8. The third-order valence-corrected chi connectivity index (χ3v) is 3.68. The van der Waals surface area contributed by atoms with E-state index in [0.717, 1.165) is 17.1 Å². The summed E-state index contributed by atoms with van der Waals surface area (Å²) in [4.78, 5) is 12.7. The van der Waals surface area contributed by atoms with Crippen LogP contribution in [0.5, 0.6) is 5.88 Å². The van der Waals surface area contributed by atoms with Crippen LogP contribution < -0.4 is 0 Å². The maximum Gasteiger partial charge on any atom is 0.215 e. The molecule has 2 aromatic heterocycles. The van der Waals surface area contributed by atoms with Crippen LogP contribution in [-0.4, -0.2) is 24.6 Å². The van der Waals surface area contributed by atoms with E-state index in [2.05, 4.69) is 33.4 Å². The van der Waals surface area contributed by atoms with Crippen LogP contribution in [0.3, 0.4) is 0 Å². The van der Waals surface area contributed by atoms with E-state index in [1.807, 2.05) is 20.2 Å². The third-order valence-electron chi connectivity index (χ3n) is 2.82. The summed E-state index contributed by atoms with van der Waals surface area (Å²) in [5.74, 6) is 0.761. The van der Waals surface area contributed by atoms with Crippen molar-refractivity contribution in [2.75, 3.05) is 0 Å². The number of nitrogens with zero attached hydrogens (tertiary/aromatic N) is 4. The maximum absolute atomic E-state index is 9.47. The van der Waals surface area contributed by atoms with Gasteiger partial charge in [0.1, 0.15) is 0 Å². The lowest BCUT2D eigenvalue weighted by atomic mass is 10.3. The van der Waals surface area contributed by atoms with Gasteiger partial charge in [-0.25, -0.2) is 9.97 Å². The van der Waals surface area contributed by atoms with E-state index < -0.39 is 0 Å². The Morgan fingerprint density at radius 2 is 2.00 bits per heavy atom. The van der Waals surface area contributed by atoms with Gasteiger partial charge < -0.3 is 9.67 Å². The number of aromatic nitrogens is 4. The van der Waals surface area contributed by atoms with Gasteiger partial charge in [-0.1, -0.05) is 11.8 Å². The summed E-state index contributed by atoms with van der Waals surface area (Å²) >= 11 is 1.51. The Kier molecular flexibility index (Phi) is 5.83. The van der Waals surface area contributed by atoms with Gasteiger partial charge in [0.25, 0.3) is 0 Å². The SMILES string of the molecule is Cc1cc(O)nc(SCc2c(C)ncn2C(C)C)n1.Cl. The van der Waals surface area contributed by atoms with Gasteiger partial charge in [0.15, 0.2) is 5.16 Å². The first-order chi connectivity index (χ1) is 8.97. The number of aryl methyl sites for hydroxylation is 2. The predicted octanol–water partition coefficient (Wildman–Crippen LogP) is 3.29. The normalized spacial score (nSPS) is 10.7.